The highest BCUT2D eigenvalue weighted by Crippen LogP contribution is 2.60. The summed E-state index contributed by atoms with van der Waals surface area (Å²) in [6.45, 7) is 2.53. The summed E-state index contributed by atoms with van der Waals surface area (Å²) < 4.78 is 187. The number of hydrogen-bond acceptors (Lipinski definition) is 4. The summed E-state index contributed by atoms with van der Waals surface area (Å²) in [7, 11) is 0. The molecule has 18 heteroatoms. The molecule has 0 radical (unpaired) electrons. The van der Waals surface area contributed by atoms with E-state index in [1.165, 1.54) is 24.3 Å². The Kier molecular flexibility index (Phi) is 11.9. The number of unbranched alkanes of at least 4 members (excludes halogenated alkanes) is 5. The molecule has 0 amide bonds. The molecule has 0 saturated heterocycles. The molecule has 0 saturated carbocycles. The minimum Gasteiger partial charge on any atom is -0.494 e. The molecule has 254 valence electrons. The van der Waals surface area contributed by atoms with Crippen LogP contribution < -0.4 is 14.2 Å². The van der Waals surface area contributed by atoms with Crippen LogP contribution in [0.5, 0.6) is 17.2 Å². The second-order valence-electron chi connectivity index (χ2n) is 9.54. The van der Waals surface area contributed by atoms with E-state index in [0.29, 0.717) is 24.5 Å². The van der Waals surface area contributed by atoms with Crippen molar-refractivity contribution in [1.82, 2.24) is 0 Å². The molecule has 0 heterocycles. The second-order valence-corrected chi connectivity index (χ2v) is 9.94. The predicted molar refractivity (Wildman–Crippen MR) is 133 cm³/mol. The van der Waals surface area contributed by atoms with E-state index < -0.39 is 58.3 Å². The molecule has 4 nitrogen and oxygen atoms in total. The fourth-order valence-electron chi connectivity index (χ4n) is 3.51. The van der Waals surface area contributed by atoms with E-state index in [1.807, 2.05) is 0 Å². The minimum atomic E-state index is -8.08. The van der Waals surface area contributed by atoms with Crippen LogP contribution in [0, 0.1) is 0 Å². The van der Waals surface area contributed by atoms with Gasteiger partial charge in [-0.25, -0.2) is 4.79 Å². The van der Waals surface area contributed by atoms with Crippen molar-refractivity contribution < 1.29 is 76.1 Å². The van der Waals surface area contributed by atoms with Crippen LogP contribution in [0.3, 0.4) is 0 Å². The number of carbonyl (C=O) groups excluding carboxylic acids is 1. The Morgan fingerprint density at radius 2 is 1.18 bits per heavy atom. The first kappa shape index (κ1) is 38.1. The van der Waals surface area contributed by atoms with E-state index in [0.717, 1.165) is 38.5 Å². The molecule has 0 spiro atoms. The highest BCUT2D eigenvalue weighted by molar-refractivity contribution is 6.32. The maximum absolute atomic E-state index is 14.0. The average molecular weight is 695 g/mol. The quantitative estimate of drug-likeness (QED) is 0.0760. The van der Waals surface area contributed by atoms with Gasteiger partial charge in [-0.05, 0) is 48.9 Å². The zero-order chi connectivity index (χ0) is 34.5. The van der Waals surface area contributed by atoms with Crippen molar-refractivity contribution in [2.24, 2.45) is 0 Å². The van der Waals surface area contributed by atoms with E-state index in [9.17, 15) is 61.9 Å². The third kappa shape index (κ3) is 8.19. The largest absolute Gasteiger partial charge is 0.494 e. The number of benzene rings is 2. The fraction of sp³-hybridized carbons (Fsp3) is 0.519. The van der Waals surface area contributed by atoms with Gasteiger partial charge in [0.15, 0.2) is 0 Å². The van der Waals surface area contributed by atoms with Crippen molar-refractivity contribution in [3.05, 3.63) is 53.1 Å². The molecule has 0 aromatic heterocycles. The highest BCUT2D eigenvalue weighted by Gasteiger charge is 2.91. The van der Waals surface area contributed by atoms with Crippen LogP contribution in [0.4, 0.5) is 57.1 Å². The summed E-state index contributed by atoms with van der Waals surface area (Å²) in [6, 6.07) is 6.70. The number of alkyl halides is 13. The molecule has 0 aliphatic rings. The predicted octanol–water partition coefficient (Wildman–Crippen LogP) is 10.4. The Labute approximate surface area is 252 Å². The van der Waals surface area contributed by atoms with E-state index in [4.69, 9.17) is 21.1 Å². The van der Waals surface area contributed by atoms with Gasteiger partial charge in [-0.2, -0.15) is 57.1 Å². The molecule has 2 aromatic carbocycles. The maximum Gasteiger partial charge on any atom is 0.471 e. The monoisotopic (exact) mass is 694 g/mol. The standard InChI is InChI=1S/C27H24ClF13O4/c1-2-3-4-5-6-7-14-43-17-9-11-18(12-10-17)44-21(42)16-8-13-20(19(28)15-16)45-27(40,41)25(35,36)23(31,32)22(29,30)24(33,34)26(37,38)39/h8-13,15H,2-7,14H2,1H3. The second kappa shape index (κ2) is 14.1. The third-order valence-electron chi connectivity index (χ3n) is 6.11. The van der Waals surface area contributed by atoms with E-state index in [-0.39, 0.29) is 11.8 Å². The first-order valence-electron chi connectivity index (χ1n) is 12.9. The SMILES string of the molecule is CCCCCCCCOc1ccc(OC(=O)c2ccc(OC(F)(F)C(F)(F)C(F)(F)C(F)(F)C(F)(F)C(F)(F)F)c(Cl)c2)cc1. The Balaban J connectivity index is 2.11. The number of ether oxygens (including phenoxy) is 3. The molecular formula is C27H24ClF13O4. The van der Waals surface area contributed by atoms with Crippen molar-refractivity contribution in [1.29, 1.82) is 0 Å². The van der Waals surface area contributed by atoms with E-state index >= 15 is 0 Å². The number of hydrogen-bond donors (Lipinski definition) is 0. The van der Waals surface area contributed by atoms with Gasteiger partial charge in [0.1, 0.15) is 17.2 Å². The van der Waals surface area contributed by atoms with Crippen molar-refractivity contribution in [2.45, 2.75) is 81.4 Å². The van der Waals surface area contributed by atoms with Gasteiger partial charge >= 0.3 is 41.9 Å². The van der Waals surface area contributed by atoms with Crippen LogP contribution in [-0.2, 0) is 0 Å². The number of rotatable bonds is 16. The average Bonchev–Trinajstić information content (AvgIpc) is 2.93. The zero-order valence-electron chi connectivity index (χ0n) is 22.9. The first-order chi connectivity index (χ1) is 20.5. The van der Waals surface area contributed by atoms with Gasteiger partial charge in [0.05, 0.1) is 17.2 Å². The summed E-state index contributed by atoms with van der Waals surface area (Å²) in [5.74, 6) is -34.2. The minimum absolute atomic E-state index is 0.0617. The summed E-state index contributed by atoms with van der Waals surface area (Å²) in [5.41, 5.74) is -0.562. The molecule has 45 heavy (non-hydrogen) atoms. The van der Waals surface area contributed by atoms with Gasteiger partial charge < -0.3 is 14.2 Å². The first-order valence-corrected chi connectivity index (χ1v) is 13.3. The smallest absolute Gasteiger partial charge is 0.471 e. The van der Waals surface area contributed by atoms with Crippen molar-refractivity contribution >= 4 is 17.6 Å². The fourth-order valence-corrected chi connectivity index (χ4v) is 3.73. The lowest BCUT2D eigenvalue weighted by Gasteiger charge is -2.39. The Morgan fingerprint density at radius 3 is 1.71 bits per heavy atom. The Morgan fingerprint density at radius 1 is 0.667 bits per heavy atom. The van der Waals surface area contributed by atoms with Gasteiger partial charge in [-0.15, -0.1) is 0 Å². The van der Waals surface area contributed by atoms with Crippen LogP contribution in [0.25, 0.3) is 0 Å². The summed E-state index contributed by atoms with van der Waals surface area (Å²) >= 11 is 5.55. The van der Waals surface area contributed by atoms with Crippen LogP contribution in [0.1, 0.15) is 55.8 Å². The molecular weight excluding hydrogens is 671 g/mol. The van der Waals surface area contributed by atoms with Crippen LogP contribution in [-0.4, -0.2) is 48.6 Å². The molecule has 2 rings (SSSR count). The maximum atomic E-state index is 14.0. The molecule has 0 atom stereocenters. The molecule has 0 bridgehead atoms. The molecule has 2 aromatic rings. The van der Waals surface area contributed by atoms with Crippen LogP contribution in [0.2, 0.25) is 5.02 Å². The lowest BCUT2D eigenvalue weighted by Crippen LogP contribution is -2.70. The van der Waals surface area contributed by atoms with Crippen LogP contribution in [0.15, 0.2) is 42.5 Å². The highest BCUT2D eigenvalue weighted by atomic mass is 35.5. The number of carbonyl (C=O) groups is 1. The number of esters is 1. The van der Waals surface area contributed by atoms with Gasteiger partial charge in [0.25, 0.3) is 0 Å². The van der Waals surface area contributed by atoms with E-state index in [2.05, 4.69) is 11.7 Å². The zero-order valence-corrected chi connectivity index (χ0v) is 23.7. The van der Waals surface area contributed by atoms with Gasteiger partial charge in [0, 0.05) is 0 Å². The van der Waals surface area contributed by atoms with Crippen molar-refractivity contribution in [2.75, 3.05) is 6.61 Å². The van der Waals surface area contributed by atoms with Crippen molar-refractivity contribution in [3.63, 3.8) is 0 Å². The molecule has 0 aliphatic heterocycles. The third-order valence-corrected chi connectivity index (χ3v) is 6.41. The summed E-state index contributed by atoms with van der Waals surface area (Å²) in [6.07, 6.45) is -8.15. The van der Waals surface area contributed by atoms with Crippen LogP contribution >= 0.6 is 11.6 Å². The van der Waals surface area contributed by atoms with Gasteiger partial charge in [-0.1, -0.05) is 50.6 Å². The Bertz CT molecular complexity index is 1280. The summed E-state index contributed by atoms with van der Waals surface area (Å²) in [5, 5.41) is -1.20. The van der Waals surface area contributed by atoms with Gasteiger partial charge in [-0.3, -0.25) is 0 Å². The molecule has 0 N–H and O–H groups in total. The van der Waals surface area contributed by atoms with Gasteiger partial charge in [0.2, 0.25) is 0 Å². The number of halogens is 14. The Hall–Kier alpha value is -3.11. The molecule has 0 aliphatic carbocycles. The molecule has 0 unspecified atom stereocenters. The normalized spacial score (nSPS) is 13.5. The summed E-state index contributed by atoms with van der Waals surface area (Å²) in [4.78, 5) is 12.4. The lowest BCUT2D eigenvalue weighted by molar-refractivity contribution is -0.456. The van der Waals surface area contributed by atoms with E-state index in [1.54, 1.807) is 0 Å². The lowest BCUT2D eigenvalue weighted by atomic mass is 9.97. The van der Waals surface area contributed by atoms with Crippen molar-refractivity contribution in [3.8, 4) is 17.2 Å². The molecule has 0 fully saturated rings. The topological polar surface area (TPSA) is 44.8 Å².